The number of piperazine rings is 1. The number of alkyl halides is 1. The maximum absolute atomic E-state index is 12.0. The van der Waals surface area contributed by atoms with Crippen LogP contribution in [-0.4, -0.2) is 58.9 Å². The Bertz CT molecular complexity index is 501. The molecule has 1 aromatic carbocycles. The van der Waals surface area contributed by atoms with Crippen LogP contribution in [0.1, 0.15) is 0 Å². The van der Waals surface area contributed by atoms with Gasteiger partial charge in [0.1, 0.15) is 11.6 Å². The van der Waals surface area contributed by atoms with Crippen molar-refractivity contribution in [1.82, 2.24) is 9.80 Å². The van der Waals surface area contributed by atoms with Crippen molar-refractivity contribution in [3.05, 3.63) is 24.3 Å². The van der Waals surface area contributed by atoms with Crippen molar-refractivity contribution in [2.45, 2.75) is 0 Å². The number of carbonyl (C=O) groups excluding carboxylic acids is 2. The van der Waals surface area contributed by atoms with Crippen LogP contribution < -0.4 is 5.32 Å². The molecule has 0 radical (unpaired) electrons. The van der Waals surface area contributed by atoms with E-state index in [1.54, 1.807) is 28.0 Å². The van der Waals surface area contributed by atoms with Gasteiger partial charge >= 0.3 is 6.03 Å². The number of aromatic hydroxyl groups is 1. The van der Waals surface area contributed by atoms with Crippen molar-refractivity contribution < 1.29 is 14.7 Å². The van der Waals surface area contributed by atoms with Gasteiger partial charge < -0.3 is 20.2 Å². The van der Waals surface area contributed by atoms with Crippen molar-refractivity contribution in [2.24, 2.45) is 0 Å². The maximum atomic E-state index is 12.0. The summed E-state index contributed by atoms with van der Waals surface area (Å²) >= 11 is 5.50. The van der Waals surface area contributed by atoms with Crippen LogP contribution in [0.25, 0.3) is 0 Å². The fourth-order valence-electron chi connectivity index (χ4n) is 2.02. The van der Waals surface area contributed by atoms with Crippen molar-refractivity contribution in [1.29, 1.82) is 0 Å². The quantitative estimate of drug-likeness (QED) is 0.638. The maximum Gasteiger partial charge on any atom is 0.322 e. The van der Waals surface area contributed by atoms with Gasteiger partial charge in [0.05, 0.1) is 5.69 Å². The number of para-hydroxylation sites is 2. The molecule has 0 spiro atoms. The Hall–Kier alpha value is -1.95. The molecular weight excluding hydrogens is 282 g/mol. The van der Waals surface area contributed by atoms with Gasteiger partial charge in [-0.2, -0.15) is 0 Å². The lowest BCUT2D eigenvalue weighted by molar-refractivity contribution is -0.129. The van der Waals surface area contributed by atoms with Crippen molar-refractivity contribution in [3.63, 3.8) is 0 Å². The third kappa shape index (κ3) is 3.33. The molecule has 20 heavy (non-hydrogen) atoms. The molecule has 1 aromatic rings. The second-order valence-corrected chi connectivity index (χ2v) is 4.72. The highest BCUT2D eigenvalue weighted by Gasteiger charge is 2.23. The zero-order chi connectivity index (χ0) is 14.5. The normalized spacial score (nSPS) is 15.1. The number of amides is 3. The summed E-state index contributed by atoms with van der Waals surface area (Å²) in [7, 11) is 0. The third-order valence-electron chi connectivity index (χ3n) is 3.18. The molecule has 0 aromatic heterocycles. The zero-order valence-electron chi connectivity index (χ0n) is 10.9. The topological polar surface area (TPSA) is 72.9 Å². The number of nitrogens with one attached hydrogen (secondary N) is 1. The Morgan fingerprint density at radius 1 is 1.15 bits per heavy atom. The molecular formula is C13H16ClN3O3. The molecule has 1 saturated heterocycles. The van der Waals surface area contributed by atoms with Gasteiger partial charge in [-0.1, -0.05) is 12.1 Å². The number of nitrogens with zero attached hydrogens (tertiary/aromatic N) is 2. The summed E-state index contributed by atoms with van der Waals surface area (Å²) < 4.78 is 0. The molecule has 1 aliphatic rings. The van der Waals surface area contributed by atoms with Crippen LogP contribution in [0.15, 0.2) is 24.3 Å². The molecule has 2 rings (SSSR count). The minimum absolute atomic E-state index is 0.0248. The van der Waals surface area contributed by atoms with Gasteiger partial charge in [0.15, 0.2) is 0 Å². The molecule has 0 bridgehead atoms. The number of carbonyl (C=O) groups is 2. The number of rotatable bonds is 2. The molecule has 108 valence electrons. The summed E-state index contributed by atoms with van der Waals surface area (Å²) in [5.74, 6) is -0.131. The number of anilines is 1. The Kier molecular flexibility index (Phi) is 4.68. The summed E-state index contributed by atoms with van der Waals surface area (Å²) in [6, 6.07) is 6.26. The predicted octanol–water partition coefficient (Wildman–Crippen LogP) is 1.31. The first-order valence-electron chi connectivity index (χ1n) is 6.29. The van der Waals surface area contributed by atoms with E-state index in [9.17, 15) is 14.7 Å². The second-order valence-electron chi connectivity index (χ2n) is 4.45. The first-order chi connectivity index (χ1) is 9.61. The van der Waals surface area contributed by atoms with E-state index in [0.29, 0.717) is 31.9 Å². The van der Waals surface area contributed by atoms with E-state index in [0.717, 1.165) is 0 Å². The van der Waals surface area contributed by atoms with Crippen LogP contribution in [0.3, 0.4) is 0 Å². The highest BCUT2D eigenvalue weighted by molar-refractivity contribution is 6.27. The lowest BCUT2D eigenvalue weighted by Gasteiger charge is -2.34. The number of hydrogen-bond donors (Lipinski definition) is 2. The summed E-state index contributed by atoms with van der Waals surface area (Å²) in [6.07, 6.45) is 0. The van der Waals surface area contributed by atoms with Gasteiger partial charge in [-0.3, -0.25) is 4.79 Å². The van der Waals surface area contributed by atoms with E-state index in [-0.39, 0.29) is 23.6 Å². The number of urea groups is 1. The Labute approximate surface area is 121 Å². The van der Waals surface area contributed by atoms with E-state index >= 15 is 0 Å². The minimum Gasteiger partial charge on any atom is -0.506 e. The first kappa shape index (κ1) is 14.5. The molecule has 0 unspecified atom stereocenters. The average Bonchev–Trinajstić information content (AvgIpc) is 2.49. The lowest BCUT2D eigenvalue weighted by Crippen LogP contribution is -2.52. The van der Waals surface area contributed by atoms with Gasteiger partial charge in [-0.15, -0.1) is 11.6 Å². The summed E-state index contributed by atoms with van der Waals surface area (Å²) in [6.45, 7) is 1.84. The number of phenolic OH excluding ortho intramolecular Hbond substituents is 1. The van der Waals surface area contributed by atoms with Gasteiger partial charge in [-0.05, 0) is 12.1 Å². The number of halogens is 1. The Balaban J connectivity index is 1.89. The summed E-state index contributed by atoms with van der Waals surface area (Å²) in [4.78, 5) is 26.7. The molecule has 1 aliphatic heterocycles. The van der Waals surface area contributed by atoms with Crippen LogP contribution in [-0.2, 0) is 4.79 Å². The molecule has 7 heteroatoms. The molecule has 0 saturated carbocycles. The van der Waals surface area contributed by atoms with Crippen molar-refractivity contribution in [3.8, 4) is 5.75 Å². The molecule has 1 fully saturated rings. The van der Waals surface area contributed by atoms with Gasteiger partial charge in [0, 0.05) is 26.2 Å². The molecule has 3 amide bonds. The standard InChI is InChI=1S/C13H16ClN3O3/c14-9-12(19)16-5-7-17(8-6-16)13(20)15-10-3-1-2-4-11(10)18/h1-4,18H,5-9H2,(H,15,20). The fourth-order valence-corrected chi connectivity index (χ4v) is 2.19. The molecule has 0 atom stereocenters. The zero-order valence-corrected chi connectivity index (χ0v) is 11.6. The lowest BCUT2D eigenvalue weighted by atomic mass is 10.3. The van der Waals surface area contributed by atoms with Crippen LogP contribution in [0.5, 0.6) is 5.75 Å². The molecule has 1 heterocycles. The smallest absolute Gasteiger partial charge is 0.322 e. The van der Waals surface area contributed by atoms with Gasteiger partial charge in [-0.25, -0.2) is 4.79 Å². The van der Waals surface area contributed by atoms with E-state index < -0.39 is 0 Å². The van der Waals surface area contributed by atoms with E-state index in [1.165, 1.54) is 6.07 Å². The van der Waals surface area contributed by atoms with Crippen LogP contribution >= 0.6 is 11.6 Å². The average molecular weight is 298 g/mol. The SMILES string of the molecule is O=C(CCl)N1CCN(C(=O)Nc2ccccc2O)CC1. The first-order valence-corrected chi connectivity index (χ1v) is 6.83. The van der Waals surface area contributed by atoms with Crippen LogP contribution in [0, 0.1) is 0 Å². The molecule has 6 nitrogen and oxygen atoms in total. The fraction of sp³-hybridized carbons (Fsp3) is 0.385. The molecule has 2 N–H and O–H groups in total. The van der Waals surface area contributed by atoms with Crippen LogP contribution in [0.2, 0.25) is 0 Å². The second kappa shape index (κ2) is 6.47. The monoisotopic (exact) mass is 297 g/mol. The van der Waals surface area contributed by atoms with E-state index in [4.69, 9.17) is 11.6 Å². The summed E-state index contributed by atoms with van der Waals surface area (Å²) in [5.41, 5.74) is 0.372. The Morgan fingerprint density at radius 3 is 2.35 bits per heavy atom. The highest BCUT2D eigenvalue weighted by atomic mass is 35.5. The van der Waals surface area contributed by atoms with E-state index in [2.05, 4.69) is 5.32 Å². The number of benzene rings is 1. The third-order valence-corrected chi connectivity index (χ3v) is 3.41. The van der Waals surface area contributed by atoms with E-state index in [1.807, 2.05) is 0 Å². The highest BCUT2D eigenvalue weighted by Crippen LogP contribution is 2.22. The van der Waals surface area contributed by atoms with Gasteiger partial charge in [0.2, 0.25) is 5.91 Å². The van der Waals surface area contributed by atoms with Crippen molar-refractivity contribution in [2.75, 3.05) is 37.4 Å². The Morgan fingerprint density at radius 2 is 1.75 bits per heavy atom. The predicted molar refractivity (Wildman–Crippen MR) is 76.0 cm³/mol. The van der Waals surface area contributed by atoms with Crippen molar-refractivity contribution >= 4 is 29.2 Å². The number of hydrogen-bond acceptors (Lipinski definition) is 3. The number of phenols is 1. The minimum atomic E-state index is -0.288. The molecule has 0 aliphatic carbocycles. The largest absolute Gasteiger partial charge is 0.506 e. The summed E-state index contributed by atoms with van der Waals surface area (Å²) in [5, 5.41) is 12.2. The van der Waals surface area contributed by atoms with Gasteiger partial charge in [0.25, 0.3) is 0 Å². The van der Waals surface area contributed by atoms with Crippen LogP contribution in [0.4, 0.5) is 10.5 Å².